The number of aromatic nitrogens is 2. The number of amides is 1. The van der Waals surface area contributed by atoms with Crippen LogP contribution in [0.25, 0.3) is 0 Å². The molecule has 1 amide bonds. The molecule has 0 aromatic carbocycles. The van der Waals surface area contributed by atoms with Gasteiger partial charge in [-0.3, -0.25) is 9.78 Å². The molecule has 0 N–H and O–H groups in total. The number of likely N-dealkylation sites (tertiary alicyclic amines) is 1. The van der Waals surface area contributed by atoms with Crippen LogP contribution >= 0.6 is 0 Å². The minimum absolute atomic E-state index is 0.0203. The van der Waals surface area contributed by atoms with Crippen molar-refractivity contribution in [2.24, 2.45) is 5.92 Å². The summed E-state index contributed by atoms with van der Waals surface area (Å²) in [5.41, 5.74) is 0.460. The van der Waals surface area contributed by atoms with Gasteiger partial charge in [0.2, 0.25) is 0 Å². The van der Waals surface area contributed by atoms with Gasteiger partial charge in [0.25, 0.3) is 5.91 Å². The Morgan fingerprint density at radius 3 is 2.67 bits per heavy atom. The predicted molar refractivity (Wildman–Crippen MR) is 94.8 cm³/mol. The van der Waals surface area contributed by atoms with Crippen LogP contribution in [-0.2, 0) is 0 Å². The Kier molecular flexibility index (Phi) is 6.18. The second-order valence-electron chi connectivity index (χ2n) is 7.24. The zero-order valence-electron chi connectivity index (χ0n) is 14.9. The van der Waals surface area contributed by atoms with Crippen molar-refractivity contribution in [3.8, 4) is 0 Å². The number of rotatable bonds is 5. The van der Waals surface area contributed by atoms with Gasteiger partial charge < -0.3 is 9.80 Å². The Balaban J connectivity index is 1.56. The van der Waals surface area contributed by atoms with Crippen LogP contribution in [-0.4, -0.2) is 57.9 Å². The van der Waals surface area contributed by atoms with Crippen LogP contribution in [0, 0.1) is 5.92 Å². The molecule has 0 bridgehead atoms. The van der Waals surface area contributed by atoms with Crippen LogP contribution in [0.4, 0.5) is 0 Å². The zero-order chi connectivity index (χ0) is 16.8. The van der Waals surface area contributed by atoms with Gasteiger partial charge in [0.05, 0.1) is 6.20 Å². The molecule has 2 fully saturated rings. The highest BCUT2D eigenvalue weighted by molar-refractivity contribution is 5.92. The average Bonchev–Trinajstić information content (AvgIpc) is 2.91. The van der Waals surface area contributed by atoms with E-state index in [1.165, 1.54) is 45.1 Å². The highest BCUT2D eigenvalue weighted by Crippen LogP contribution is 2.26. The summed E-state index contributed by atoms with van der Waals surface area (Å²) in [6.45, 7) is 6.13. The molecule has 1 saturated heterocycles. The van der Waals surface area contributed by atoms with Gasteiger partial charge in [-0.05, 0) is 32.1 Å². The quantitative estimate of drug-likeness (QED) is 0.779. The molecular formula is C19H30N4O. The Labute approximate surface area is 145 Å². The lowest BCUT2D eigenvalue weighted by Crippen LogP contribution is -2.42. The summed E-state index contributed by atoms with van der Waals surface area (Å²) < 4.78 is 0. The number of hydrogen-bond donors (Lipinski definition) is 0. The molecule has 1 aliphatic carbocycles. The van der Waals surface area contributed by atoms with Crippen LogP contribution in [0.1, 0.15) is 62.4 Å². The van der Waals surface area contributed by atoms with Gasteiger partial charge in [-0.1, -0.05) is 25.7 Å². The minimum Gasteiger partial charge on any atom is -0.333 e. The van der Waals surface area contributed by atoms with Crippen molar-refractivity contribution >= 4 is 5.91 Å². The normalized spacial score (nSPS) is 23.1. The van der Waals surface area contributed by atoms with Gasteiger partial charge in [0.15, 0.2) is 0 Å². The van der Waals surface area contributed by atoms with E-state index < -0.39 is 0 Å². The van der Waals surface area contributed by atoms with E-state index in [0.717, 1.165) is 32.0 Å². The predicted octanol–water partition coefficient (Wildman–Crippen LogP) is 2.98. The largest absolute Gasteiger partial charge is 0.333 e. The third-order valence-electron chi connectivity index (χ3n) is 5.56. The highest BCUT2D eigenvalue weighted by atomic mass is 16.2. The van der Waals surface area contributed by atoms with Crippen molar-refractivity contribution in [1.82, 2.24) is 19.8 Å². The molecule has 1 atom stereocenters. The van der Waals surface area contributed by atoms with E-state index in [0.29, 0.717) is 11.7 Å². The van der Waals surface area contributed by atoms with Gasteiger partial charge in [-0.2, -0.15) is 0 Å². The molecule has 0 spiro atoms. The molecule has 1 aromatic heterocycles. The van der Waals surface area contributed by atoms with Crippen LogP contribution < -0.4 is 0 Å². The topological polar surface area (TPSA) is 49.3 Å². The molecule has 1 aliphatic heterocycles. The Bertz CT molecular complexity index is 513. The standard InChI is InChI=1S/C19H30N4O/c1-2-23(19(24)18-13-20-10-11-21-18)17-9-12-22(15-17)14-16-7-5-3-4-6-8-16/h10-11,13,16-17H,2-9,12,14-15H2,1H3. The summed E-state index contributed by atoms with van der Waals surface area (Å²) in [5, 5.41) is 0. The van der Waals surface area contributed by atoms with Gasteiger partial charge in [-0.15, -0.1) is 0 Å². The first kappa shape index (κ1) is 17.3. The van der Waals surface area contributed by atoms with Crippen LogP contribution in [0.3, 0.4) is 0 Å². The lowest BCUT2D eigenvalue weighted by Gasteiger charge is -2.28. The number of nitrogens with zero attached hydrogens (tertiary/aromatic N) is 4. The lowest BCUT2D eigenvalue weighted by atomic mass is 10.00. The van der Waals surface area contributed by atoms with Crippen LogP contribution in [0.2, 0.25) is 0 Å². The second-order valence-corrected chi connectivity index (χ2v) is 7.24. The maximum absolute atomic E-state index is 12.7. The summed E-state index contributed by atoms with van der Waals surface area (Å²) in [4.78, 5) is 25.5. The highest BCUT2D eigenvalue weighted by Gasteiger charge is 2.31. The fourth-order valence-corrected chi connectivity index (χ4v) is 4.27. The van der Waals surface area contributed by atoms with Crippen molar-refractivity contribution in [3.63, 3.8) is 0 Å². The molecule has 0 radical (unpaired) electrons. The maximum atomic E-state index is 12.7. The van der Waals surface area contributed by atoms with E-state index in [9.17, 15) is 4.79 Å². The van der Waals surface area contributed by atoms with E-state index in [1.54, 1.807) is 18.6 Å². The average molecular weight is 330 g/mol. The SMILES string of the molecule is CCN(C(=O)c1cnccn1)C1CCN(CC2CCCCCC2)C1. The Morgan fingerprint density at radius 2 is 2.00 bits per heavy atom. The van der Waals surface area contributed by atoms with E-state index in [4.69, 9.17) is 0 Å². The molecule has 2 heterocycles. The third kappa shape index (κ3) is 4.32. The number of hydrogen-bond acceptors (Lipinski definition) is 4. The van der Waals surface area contributed by atoms with E-state index in [-0.39, 0.29) is 5.91 Å². The lowest BCUT2D eigenvalue weighted by molar-refractivity contribution is 0.0685. The molecule has 3 rings (SSSR count). The molecular weight excluding hydrogens is 300 g/mol. The van der Waals surface area contributed by atoms with Gasteiger partial charge in [-0.25, -0.2) is 4.98 Å². The summed E-state index contributed by atoms with van der Waals surface area (Å²) in [5.74, 6) is 0.879. The summed E-state index contributed by atoms with van der Waals surface area (Å²) in [7, 11) is 0. The first-order valence-corrected chi connectivity index (χ1v) is 9.57. The molecule has 5 heteroatoms. The molecule has 2 aliphatic rings. The Hall–Kier alpha value is -1.49. The summed E-state index contributed by atoms with van der Waals surface area (Å²) in [6, 6.07) is 0.315. The van der Waals surface area contributed by atoms with E-state index in [1.807, 2.05) is 4.90 Å². The second kappa shape index (κ2) is 8.56. The van der Waals surface area contributed by atoms with Crippen molar-refractivity contribution in [2.75, 3.05) is 26.2 Å². The van der Waals surface area contributed by atoms with Crippen molar-refractivity contribution in [2.45, 2.75) is 57.9 Å². The molecule has 132 valence electrons. The van der Waals surface area contributed by atoms with Gasteiger partial charge >= 0.3 is 0 Å². The van der Waals surface area contributed by atoms with Crippen LogP contribution in [0.15, 0.2) is 18.6 Å². The molecule has 1 saturated carbocycles. The first-order valence-electron chi connectivity index (χ1n) is 9.57. The fourth-order valence-electron chi connectivity index (χ4n) is 4.27. The monoisotopic (exact) mass is 330 g/mol. The molecule has 1 unspecified atom stereocenters. The van der Waals surface area contributed by atoms with Crippen molar-refractivity contribution < 1.29 is 4.79 Å². The minimum atomic E-state index is 0.0203. The van der Waals surface area contributed by atoms with Crippen LogP contribution in [0.5, 0.6) is 0 Å². The molecule has 24 heavy (non-hydrogen) atoms. The summed E-state index contributed by atoms with van der Waals surface area (Å²) in [6.07, 6.45) is 14.2. The fraction of sp³-hybridized carbons (Fsp3) is 0.737. The Morgan fingerprint density at radius 1 is 1.21 bits per heavy atom. The smallest absolute Gasteiger partial charge is 0.274 e. The zero-order valence-corrected chi connectivity index (χ0v) is 14.9. The molecule has 5 nitrogen and oxygen atoms in total. The number of carbonyl (C=O) groups excluding carboxylic acids is 1. The first-order chi connectivity index (χ1) is 11.8. The van der Waals surface area contributed by atoms with E-state index in [2.05, 4.69) is 21.8 Å². The summed E-state index contributed by atoms with van der Waals surface area (Å²) >= 11 is 0. The van der Waals surface area contributed by atoms with Gasteiger partial charge in [0, 0.05) is 44.6 Å². The van der Waals surface area contributed by atoms with Crippen molar-refractivity contribution in [1.29, 1.82) is 0 Å². The van der Waals surface area contributed by atoms with Gasteiger partial charge in [0.1, 0.15) is 5.69 Å². The van der Waals surface area contributed by atoms with E-state index >= 15 is 0 Å². The van der Waals surface area contributed by atoms with Crippen molar-refractivity contribution in [3.05, 3.63) is 24.3 Å². The molecule has 1 aromatic rings. The maximum Gasteiger partial charge on any atom is 0.274 e. The number of carbonyl (C=O) groups is 1. The number of likely N-dealkylation sites (N-methyl/N-ethyl adjacent to an activating group) is 1. The third-order valence-corrected chi connectivity index (χ3v) is 5.56.